The summed E-state index contributed by atoms with van der Waals surface area (Å²) in [5.74, 6) is -0.500. The van der Waals surface area contributed by atoms with E-state index in [1.807, 2.05) is 32.9 Å². The van der Waals surface area contributed by atoms with Crippen LogP contribution in [0.5, 0.6) is 0 Å². The number of rotatable bonds is 6. The van der Waals surface area contributed by atoms with Crippen molar-refractivity contribution in [2.75, 3.05) is 25.0 Å². The molecule has 3 atom stereocenters. The molecule has 2 aromatic rings. The average molecular weight is 513 g/mol. The number of benzene rings is 2. The summed E-state index contributed by atoms with van der Waals surface area (Å²) in [5.41, 5.74) is 0.760. The minimum absolute atomic E-state index is 0.157. The van der Waals surface area contributed by atoms with Gasteiger partial charge in [0.1, 0.15) is 12.1 Å². The largest absolute Gasteiger partial charge is 0.325 e. The van der Waals surface area contributed by atoms with E-state index in [1.165, 1.54) is 28.6 Å². The number of piperidine rings is 1. The number of sulfonamides is 1. The van der Waals surface area contributed by atoms with Crippen LogP contribution in [0.3, 0.4) is 0 Å². The lowest BCUT2D eigenvalue weighted by atomic mass is 9.91. The highest BCUT2D eigenvalue weighted by molar-refractivity contribution is 7.89. The maximum Gasteiger partial charge on any atom is 0.325 e. The fourth-order valence-corrected chi connectivity index (χ4v) is 6.61. The number of anilines is 1. The van der Waals surface area contributed by atoms with Gasteiger partial charge in [0.15, 0.2) is 0 Å². The Morgan fingerprint density at radius 3 is 2.19 bits per heavy atom. The van der Waals surface area contributed by atoms with E-state index in [-0.39, 0.29) is 4.90 Å². The van der Waals surface area contributed by atoms with Crippen molar-refractivity contribution in [2.24, 2.45) is 11.8 Å². The summed E-state index contributed by atoms with van der Waals surface area (Å²) in [6.45, 7) is 8.14. The van der Waals surface area contributed by atoms with Gasteiger partial charge in [-0.1, -0.05) is 43.7 Å². The molecule has 0 saturated carbocycles. The van der Waals surface area contributed by atoms with Gasteiger partial charge in [-0.15, -0.1) is 0 Å². The zero-order valence-electron chi connectivity index (χ0n) is 20.9. The first kappa shape index (κ1) is 25.8. The highest BCUT2D eigenvalue weighted by atomic mass is 32.2. The van der Waals surface area contributed by atoms with E-state index < -0.39 is 40.0 Å². The van der Waals surface area contributed by atoms with Gasteiger partial charge in [0.2, 0.25) is 15.9 Å². The SMILES string of the molecule is Cc1ccc(C2(C)NC(=O)N(CC(=O)Nc3ccc(S(=O)(=O)N4CC(C)CC(C)C4)cc3)C2=O)cc1. The summed E-state index contributed by atoms with van der Waals surface area (Å²) < 4.78 is 27.6. The van der Waals surface area contributed by atoms with E-state index in [2.05, 4.69) is 10.6 Å². The normalized spacial score (nSPS) is 25.1. The second kappa shape index (κ2) is 9.67. The first-order chi connectivity index (χ1) is 16.9. The average Bonchev–Trinajstić information content (AvgIpc) is 3.03. The molecule has 2 heterocycles. The monoisotopic (exact) mass is 512 g/mol. The first-order valence-corrected chi connectivity index (χ1v) is 13.5. The van der Waals surface area contributed by atoms with Crippen molar-refractivity contribution in [2.45, 2.75) is 44.6 Å². The van der Waals surface area contributed by atoms with Crippen LogP contribution in [-0.2, 0) is 25.2 Å². The number of nitrogens with zero attached hydrogens (tertiary/aromatic N) is 2. The predicted octanol–water partition coefficient (Wildman–Crippen LogP) is 3.07. The highest BCUT2D eigenvalue weighted by Gasteiger charge is 2.49. The van der Waals surface area contributed by atoms with Gasteiger partial charge in [-0.3, -0.25) is 14.5 Å². The molecule has 0 radical (unpaired) electrons. The number of imide groups is 1. The fraction of sp³-hybridized carbons (Fsp3) is 0.423. The molecule has 0 aliphatic carbocycles. The van der Waals surface area contributed by atoms with Gasteiger partial charge in [-0.25, -0.2) is 13.2 Å². The van der Waals surface area contributed by atoms with Crippen LogP contribution in [0.25, 0.3) is 0 Å². The third-order valence-corrected chi connectivity index (χ3v) is 8.66. The van der Waals surface area contributed by atoms with Crippen LogP contribution in [0.15, 0.2) is 53.4 Å². The van der Waals surface area contributed by atoms with Crippen LogP contribution in [0.1, 0.15) is 38.3 Å². The number of nitrogens with one attached hydrogen (secondary N) is 2. The van der Waals surface area contributed by atoms with Crippen molar-refractivity contribution in [1.29, 1.82) is 0 Å². The van der Waals surface area contributed by atoms with Crippen LogP contribution in [-0.4, -0.2) is 55.1 Å². The van der Waals surface area contributed by atoms with Gasteiger partial charge in [0.05, 0.1) is 4.90 Å². The van der Waals surface area contributed by atoms with E-state index in [1.54, 1.807) is 19.1 Å². The maximum absolute atomic E-state index is 13.1. The number of urea groups is 1. The lowest BCUT2D eigenvalue weighted by molar-refractivity contribution is -0.133. The summed E-state index contributed by atoms with van der Waals surface area (Å²) in [5, 5.41) is 5.32. The van der Waals surface area contributed by atoms with Gasteiger partial charge in [0.25, 0.3) is 5.91 Å². The lowest BCUT2D eigenvalue weighted by Crippen LogP contribution is -2.42. The first-order valence-electron chi connectivity index (χ1n) is 12.0. The maximum atomic E-state index is 13.1. The van der Waals surface area contributed by atoms with Crippen molar-refractivity contribution >= 4 is 33.6 Å². The highest BCUT2D eigenvalue weighted by Crippen LogP contribution is 2.29. The van der Waals surface area contributed by atoms with Crippen LogP contribution < -0.4 is 10.6 Å². The Morgan fingerprint density at radius 2 is 1.61 bits per heavy atom. The zero-order valence-corrected chi connectivity index (χ0v) is 21.8. The summed E-state index contributed by atoms with van der Waals surface area (Å²) in [6.07, 6.45) is 0.999. The third kappa shape index (κ3) is 5.01. The minimum Gasteiger partial charge on any atom is -0.325 e. The molecule has 3 unspecified atom stereocenters. The van der Waals surface area contributed by atoms with Crippen molar-refractivity contribution in [1.82, 2.24) is 14.5 Å². The molecule has 2 fully saturated rings. The second-order valence-corrected chi connectivity index (χ2v) is 12.1. The van der Waals surface area contributed by atoms with Gasteiger partial charge < -0.3 is 10.6 Å². The van der Waals surface area contributed by atoms with Gasteiger partial charge in [0, 0.05) is 18.8 Å². The second-order valence-electron chi connectivity index (χ2n) is 10.2. The molecule has 2 aromatic carbocycles. The van der Waals surface area contributed by atoms with Crippen molar-refractivity contribution < 1.29 is 22.8 Å². The molecule has 2 aliphatic heterocycles. The molecular weight excluding hydrogens is 480 g/mol. The molecule has 9 nitrogen and oxygen atoms in total. The molecule has 0 aromatic heterocycles. The van der Waals surface area contributed by atoms with E-state index >= 15 is 0 Å². The number of carbonyl (C=O) groups is 3. The van der Waals surface area contributed by atoms with Crippen LogP contribution in [0.2, 0.25) is 0 Å². The van der Waals surface area contributed by atoms with E-state index in [4.69, 9.17) is 0 Å². The molecule has 4 amide bonds. The van der Waals surface area contributed by atoms with Crippen LogP contribution in [0.4, 0.5) is 10.5 Å². The molecule has 10 heteroatoms. The summed E-state index contributed by atoms with van der Waals surface area (Å²) in [7, 11) is -3.63. The van der Waals surface area contributed by atoms with Crippen LogP contribution >= 0.6 is 0 Å². The molecule has 0 spiro atoms. The molecular formula is C26H32N4O5S. The standard InChI is InChI=1S/C26H32N4O5S/c1-17-5-7-20(8-6-17)26(4)24(32)30(25(33)28-26)16-23(31)27-21-9-11-22(12-10-21)36(34,35)29-14-18(2)13-19(3)15-29/h5-12,18-19H,13-16H2,1-4H3,(H,27,31)(H,28,33). The number of hydrogen-bond donors (Lipinski definition) is 2. The Morgan fingerprint density at radius 1 is 1.03 bits per heavy atom. The smallest absolute Gasteiger partial charge is 0.325 e. The Balaban J connectivity index is 1.41. The van der Waals surface area contributed by atoms with E-state index in [9.17, 15) is 22.8 Å². The summed E-state index contributed by atoms with van der Waals surface area (Å²) in [6, 6.07) is 12.5. The quantitative estimate of drug-likeness (QED) is 0.577. The molecule has 0 bridgehead atoms. The predicted molar refractivity (Wildman–Crippen MR) is 136 cm³/mol. The van der Waals surface area contributed by atoms with E-state index in [0.29, 0.717) is 36.2 Å². The van der Waals surface area contributed by atoms with Crippen molar-refractivity contribution in [3.05, 3.63) is 59.7 Å². The molecule has 2 N–H and O–H groups in total. The third-order valence-electron chi connectivity index (χ3n) is 6.82. The summed E-state index contributed by atoms with van der Waals surface area (Å²) in [4.78, 5) is 39.3. The Labute approximate surface area is 211 Å². The van der Waals surface area contributed by atoms with Crippen LogP contribution in [0, 0.1) is 18.8 Å². The summed E-state index contributed by atoms with van der Waals surface area (Å²) >= 11 is 0. The molecule has 2 saturated heterocycles. The number of carbonyl (C=O) groups excluding carboxylic acids is 3. The molecule has 192 valence electrons. The Hall–Kier alpha value is -3.24. The van der Waals surface area contributed by atoms with Crippen molar-refractivity contribution in [3.8, 4) is 0 Å². The molecule has 36 heavy (non-hydrogen) atoms. The molecule has 4 rings (SSSR count). The number of aryl methyl sites for hydroxylation is 1. The van der Waals surface area contributed by atoms with Gasteiger partial charge in [-0.05, 0) is 61.9 Å². The zero-order chi connectivity index (χ0) is 26.3. The van der Waals surface area contributed by atoms with Gasteiger partial charge >= 0.3 is 6.03 Å². The molecule has 2 aliphatic rings. The van der Waals surface area contributed by atoms with E-state index in [0.717, 1.165) is 16.9 Å². The lowest BCUT2D eigenvalue weighted by Gasteiger charge is -2.34. The van der Waals surface area contributed by atoms with Gasteiger partial charge in [-0.2, -0.15) is 4.31 Å². The number of hydrogen-bond acceptors (Lipinski definition) is 5. The Bertz CT molecular complexity index is 1270. The van der Waals surface area contributed by atoms with Crippen molar-refractivity contribution in [3.63, 3.8) is 0 Å². The fourth-order valence-electron chi connectivity index (χ4n) is 4.93. The Kier molecular flexibility index (Phi) is 6.94. The number of amides is 4. The topological polar surface area (TPSA) is 116 Å². The minimum atomic E-state index is -3.63.